The zero-order valence-electron chi connectivity index (χ0n) is 10.2. The van der Waals surface area contributed by atoms with E-state index in [0.29, 0.717) is 11.6 Å². The van der Waals surface area contributed by atoms with E-state index in [2.05, 4.69) is 27.9 Å². The maximum atomic E-state index is 11.4. The van der Waals surface area contributed by atoms with E-state index < -0.39 is 5.97 Å². The van der Waals surface area contributed by atoms with E-state index in [1.165, 1.54) is 0 Å². The maximum absolute atomic E-state index is 11.4. The van der Waals surface area contributed by atoms with Gasteiger partial charge < -0.3 is 15.2 Å². The molecule has 0 unspecified atom stereocenters. The Hall–Kier alpha value is 0.530. The second-order valence-corrected chi connectivity index (χ2v) is 5.94. The van der Waals surface area contributed by atoms with Crippen LogP contribution in [0.15, 0.2) is 18.2 Å². The van der Waals surface area contributed by atoms with Gasteiger partial charge in [-0.2, -0.15) is 0 Å². The minimum atomic E-state index is -1.17. The van der Waals surface area contributed by atoms with Crippen molar-refractivity contribution in [2.75, 3.05) is 11.5 Å². The van der Waals surface area contributed by atoms with Crippen LogP contribution in [0.3, 0.4) is 0 Å². The van der Waals surface area contributed by atoms with Gasteiger partial charge in [0.15, 0.2) is 0 Å². The monoisotopic (exact) mass is 421 g/mol. The van der Waals surface area contributed by atoms with Gasteiger partial charge in [-0.05, 0) is 40.3 Å². The smallest absolute Gasteiger partial charge is 0.549 e. The predicted molar refractivity (Wildman–Crippen MR) is 78.3 cm³/mol. The Bertz CT molecular complexity index is 462. The molecule has 4 nitrogen and oxygen atoms in total. The molecule has 0 saturated heterocycles. The van der Waals surface area contributed by atoms with Crippen LogP contribution in [-0.2, 0) is 16.1 Å². The van der Waals surface area contributed by atoms with Crippen molar-refractivity contribution < 1.29 is 44.3 Å². The van der Waals surface area contributed by atoms with E-state index >= 15 is 0 Å². The van der Waals surface area contributed by atoms with Gasteiger partial charge in [-0.3, -0.25) is 4.79 Å². The number of carboxylic acid groups (broad SMARTS) is 1. The third-order valence-corrected chi connectivity index (χ3v) is 4.41. The molecule has 0 saturated carbocycles. The van der Waals surface area contributed by atoms with Gasteiger partial charge >= 0.3 is 29.6 Å². The SMILES string of the molecule is O=C([O-])CSCC(=O)NCc1ccc(I)c(Cl)c1.[Na+]. The number of aliphatic carboxylic acids is 1. The van der Waals surface area contributed by atoms with Gasteiger partial charge in [0.05, 0.1) is 16.7 Å². The van der Waals surface area contributed by atoms with Gasteiger partial charge in [0.1, 0.15) is 0 Å². The van der Waals surface area contributed by atoms with Crippen LogP contribution in [0.25, 0.3) is 0 Å². The summed E-state index contributed by atoms with van der Waals surface area (Å²) in [6.45, 7) is 0.376. The number of carbonyl (C=O) groups excluding carboxylic acids is 2. The maximum Gasteiger partial charge on any atom is 1.00 e. The molecule has 0 aliphatic heterocycles. The molecule has 0 fully saturated rings. The van der Waals surface area contributed by atoms with Gasteiger partial charge in [-0.25, -0.2) is 0 Å². The molecule has 1 amide bonds. The van der Waals surface area contributed by atoms with E-state index in [9.17, 15) is 14.7 Å². The van der Waals surface area contributed by atoms with Crippen LogP contribution < -0.4 is 40.0 Å². The van der Waals surface area contributed by atoms with Crippen LogP contribution in [0, 0.1) is 3.57 Å². The Balaban J connectivity index is 0.00000324. The number of nitrogens with one attached hydrogen (secondary N) is 1. The van der Waals surface area contributed by atoms with Crippen molar-refractivity contribution in [3.8, 4) is 0 Å². The average Bonchev–Trinajstić information content (AvgIpc) is 2.30. The van der Waals surface area contributed by atoms with Crippen molar-refractivity contribution in [1.29, 1.82) is 0 Å². The Morgan fingerprint density at radius 3 is 2.63 bits per heavy atom. The molecule has 0 aliphatic rings. The number of rotatable bonds is 6. The molecule has 1 aromatic carbocycles. The summed E-state index contributed by atoms with van der Waals surface area (Å²) in [7, 11) is 0. The quantitative estimate of drug-likeness (QED) is 0.428. The fraction of sp³-hybridized carbons (Fsp3) is 0.273. The Kier molecular flexibility index (Phi) is 10.6. The zero-order valence-corrected chi connectivity index (χ0v) is 16.0. The van der Waals surface area contributed by atoms with E-state index in [1.807, 2.05) is 12.1 Å². The van der Waals surface area contributed by atoms with Crippen LogP contribution in [0.5, 0.6) is 0 Å². The van der Waals surface area contributed by atoms with Crippen LogP contribution in [0.2, 0.25) is 5.02 Å². The summed E-state index contributed by atoms with van der Waals surface area (Å²) in [5, 5.41) is 13.5. The molecule has 0 heterocycles. The van der Waals surface area contributed by atoms with Gasteiger partial charge in [0.2, 0.25) is 5.91 Å². The zero-order chi connectivity index (χ0) is 13.5. The topological polar surface area (TPSA) is 69.2 Å². The summed E-state index contributed by atoms with van der Waals surface area (Å²) in [4.78, 5) is 21.5. The van der Waals surface area contributed by atoms with Crippen molar-refractivity contribution in [2.24, 2.45) is 0 Å². The molecule has 0 bridgehead atoms. The van der Waals surface area contributed by atoms with Gasteiger partial charge in [0, 0.05) is 15.9 Å². The minimum Gasteiger partial charge on any atom is -0.549 e. The summed E-state index contributed by atoms with van der Waals surface area (Å²) in [6.07, 6.45) is 0. The molecule has 0 aliphatic carbocycles. The van der Waals surface area contributed by atoms with Crippen molar-refractivity contribution in [3.63, 3.8) is 0 Å². The number of carboxylic acids is 1. The standard InChI is InChI=1S/C11H11ClINO3S.Na/c12-8-3-7(1-2-9(8)13)4-14-10(15)5-18-6-11(16)17;/h1-3H,4-6H2,(H,14,15)(H,16,17);/q;+1/p-1. The Labute approximate surface area is 156 Å². The number of carbonyl (C=O) groups is 2. The molecule has 98 valence electrons. The van der Waals surface area contributed by atoms with Crippen molar-refractivity contribution >= 4 is 57.8 Å². The number of hydrogen-bond acceptors (Lipinski definition) is 4. The number of halogens is 2. The summed E-state index contributed by atoms with van der Waals surface area (Å²) >= 11 is 9.08. The van der Waals surface area contributed by atoms with Crippen molar-refractivity contribution in [2.45, 2.75) is 6.54 Å². The van der Waals surface area contributed by atoms with Gasteiger partial charge in [0.25, 0.3) is 0 Å². The Morgan fingerprint density at radius 1 is 1.37 bits per heavy atom. The number of amides is 1. The van der Waals surface area contributed by atoms with Crippen molar-refractivity contribution in [3.05, 3.63) is 32.4 Å². The summed E-state index contributed by atoms with van der Waals surface area (Å²) in [5.74, 6) is -1.46. The summed E-state index contributed by atoms with van der Waals surface area (Å²) in [5.41, 5.74) is 0.902. The first-order valence-electron chi connectivity index (χ1n) is 4.97. The molecule has 0 atom stereocenters. The van der Waals surface area contributed by atoms with Gasteiger partial charge in [-0.15, -0.1) is 11.8 Å². The van der Waals surface area contributed by atoms with Crippen LogP contribution in [0.4, 0.5) is 0 Å². The van der Waals surface area contributed by atoms with Gasteiger partial charge in [-0.1, -0.05) is 17.7 Å². The fourth-order valence-electron chi connectivity index (χ4n) is 1.13. The molecule has 0 aromatic heterocycles. The van der Waals surface area contributed by atoms with E-state index in [0.717, 1.165) is 20.9 Å². The molecule has 1 rings (SSSR count). The fourth-order valence-corrected chi connectivity index (χ4v) is 2.22. The van der Waals surface area contributed by atoms with E-state index in [1.54, 1.807) is 6.07 Å². The first-order valence-corrected chi connectivity index (χ1v) is 7.58. The minimum absolute atomic E-state index is 0. The first kappa shape index (κ1) is 19.5. The molecular formula is C11H10ClINNaO3S. The normalized spacial score (nSPS) is 9.58. The third-order valence-electron chi connectivity index (χ3n) is 1.93. The number of hydrogen-bond donors (Lipinski definition) is 1. The molecule has 0 spiro atoms. The molecule has 1 aromatic rings. The number of thioether (sulfide) groups is 1. The summed E-state index contributed by atoms with van der Waals surface area (Å²) < 4.78 is 0.953. The second-order valence-electron chi connectivity index (χ2n) is 3.39. The molecule has 19 heavy (non-hydrogen) atoms. The van der Waals surface area contributed by atoms with Crippen molar-refractivity contribution in [1.82, 2.24) is 5.32 Å². The van der Waals surface area contributed by atoms with Crippen LogP contribution >= 0.6 is 46.0 Å². The third kappa shape index (κ3) is 8.41. The molecule has 0 radical (unpaired) electrons. The predicted octanol–water partition coefficient (Wildman–Crippen LogP) is -1.95. The average molecular weight is 422 g/mol. The molecule has 1 N–H and O–H groups in total. The molecular weight excluding hydrogens is 412 g/mol. The Morgan fingerprint density at radius 2 is 2.05 bits per heavy atom. The second kappa shape index (κ2) is 10.3. The number of benzene rings is 1. The van der Waals surface area contributed by atoms with Crippen LogP contribution in [0.1, 0.15) is 5.56 Å². The summed E-state index contributed by atoms with van der Waals surface area (Å²) in [6, 6.07) is 5.54. The molecule has 8 heteroatoms. The van der Waals surface area contributed by atoms with E-state index in [-0.39, 0.29) is 47.0 Å². The largest absolute Gasteiger partial charge is 1.00 e. The van der Waals surface area contributed by atoms with Crippen LogP contribution in [-0.4, -0.2) is 23.4 Å². The first-order chi connectivity index (χ1) is 8.49. The van der Waals surface area contributed by atoms with E-state index in [4.69, 9.17) is 11.6 Å².